The molecule has 0 aliphatic rings. The molecule has 5 nitrogen and oxygen atoms in total. The van der Waals surface area contributed by atoms with Crippen molar-refractivity contribution in [2.24, 2.45) is 5.92 Å². The molecular formula is C14H24ClN3O2. The lowest BCUT2D eigenvalue weighted by molar-refractivity contribution is 0.114. The van der Waals surface area contributed by atoms with E-state index in [1.807, 2.05) is 6.92 Å². The second-order valence-electron chi connectivity index (χ2n) is 4.65. The van der Waals surface area contributed by atoms with Gasteiger partial charge in [0.05, 0.1) is 6.10 Å². The summed E-state index contributed by atoms with van der Waals surface area (Å²) in [7, 11) is 0. The number of halogens is 1. The second kappa shape index (κ2) is 9.10. The van der Waals surface area contributed by atoms with E-state index in [1.165, 1.54) is 0 Å². The third kappa shape index (κ3) is 5.61. The Hall–Kier alpha value is -0.910. The van der Waals surface area contributed by atoms with Crippen LogP contribution in [0.1, 0.15) is 39.4 Å². The van der Waals surface area contributed by atoms with Crippen molar-refractivity contribution < 1.29 is 9.84 Å². The Bertz CT molecular complexity index is 400. The SMILES string of the molecule is CCOCc1nc(Cl)cc(NCC(O)C(CC)CC)n1. The lowest BCUT2D eigenvalue weighted by Gasteiger charge is -2.20. The van der Waals surface area contributed by atoms with E-state index in [0.717, 1.165) is 12.8 Å². The number of hydrogen-bond acceptors (Lipinski definition) is 5. The third-order valence-electron chi connectivity index (χ3n) is 3.26. The summed E-state index contributed by atoms with van der Waals surface area (Å²) in [5, 5.41) is 13.6. The van der Waals surface area contributed by atoms with Gasteiger partial charge in [-0.3, -0.25) is 0 Å². The van der Waals surface area contributed by atoms with Crippen molar-refractivity contribution in [3.05, 3.63) is 17.0 Å². The summed E-state index contributed by atoms with van der Waals surface area (Å²) < 4.78 is 5.27. The van der Waals surface area contributed by atoms with Gasteiger partial charge in [-0.1, -0.05) is 38.3 Å². The van der Waals surface area contributed by atoms with Gasteiger partial charge in [-0.15, -0.1) is 0 Å². The number of aliphatic hydroxyl groups is 1. The molecule has 0 saturated carbocycles. The molecule has 1 heterocycles. The first-order chi connectivity index (χ1) is 9.60. The number of hydrogen-bond donors (Lipinski definition) is 2. The van der Waals surface area contributed by atoms with Crippen LogP contribution in [0.4, 0.5) is 5.82 Å². The predicted octanol–water partition coefficient (Wildman–Crippen LogP) is 2.88. The minimum atomic E-state index is -0.394. The van der Waals surface area contributed by atoms with Crippen LogP contribution < -0.4 is 5.32 Å². The molecule has 0 amide bonds. The van der Waals surface area contributed by atoms with Gasteiger partial charge >= 0.3 is 0 Å². The van der Waals surface area contributed by atoms with Gasteiger partial charge in [-0.05, 0) is 12.8 Å². The van der Waals surface area contributed by atoms with Crippen molar-refractivity contribution in [2.75, 3.05) is 18.5 Å². The number of aliphatic hydroxyl groups excluding tert-OH is 1. The standard InChI is InChI=1S/C14H24ClN3O2/c1-4-10(5-2)11(19)8-16-13-7-12(15)17-14(18-13)9-20-6-3/h7,10-11,19H,4-6,8-9H2,1-3H3,(H,16,17,18). The van der Waals surface area contributed by atoms with Crippen LogP contribution in [0, 0.1) is 5.92 Å². The molecule has 1 aromatic rings. The quantitative estimate of drug-likeness (QED) is 0.687. The first-order valence-electron chi connectivity index (χ1n) is 7.13. The highest BCUT2D eigenvalue weighted by Crippen LogP contribution is 2.16. The van der Waals surface area contributed by atoms with Gasteiger partial charge in [0.25, 0.3) is 0 Å². The average Bonchev–Trinajstić information content (AvgIpc) is 2.43. The summed E-state index contributed by atoms with van der Waals surface area (Å²) in [5.74, 6) is 1.45. The fraction of sp³-hybridized carbons (Fsp3) is 0.714. The summed E-state index contributed by atoms with van der Waals surface area (Å²) in [5.41, 5.74) is 0. The molecule has 0 radical (unpaired) electrons. The van der Waals surface area contributed by atoms with Crippen LogP contribution in [-0.4, -0.2) is 34.3 Å². The van der Waals surface area contributed by atoms with Crippen LogP contribution in [-0.2, 0) is 11.3 Å². The molecule has 6 heteroatoms. The molecule has 1 unspecified atom stereocenters. The van der Waals surface area contributed by atoms with Gasteiger partial charge in [-0.25, -0.2) is 9.97 Å². The van der Waals surface area contributed by atoms with E-state index < -0.39 is 6.10 Å². The molecule has 20 heavy (non-hydrogen) atoms. The fourth-order valence-electron chi connectivity index (χ4n) is 2.02. The maximum Gasteiger partial charge on any atom is 0.158 e. The second-order valence-corrected chi connectivity index (χ2v) is 5.04. The lowest BCUT2D eigenvalue weighted by atomic mass is 9.97. The van der Waals surface area contributed by atoms with Crippen LogP contribution in [0.5, 0.6) is 0 Å². The highest BCUT2D eigenvalue weighted by atomic mass is 35.5. The summed E-state index contributed by atoms with van der Waals surface area (Å²) >= 11 is 5.95. The molecular weight excluding hydrogens is 278 g/mol. The smallest absolute Gasteiger partial charge is 0.158 e. The summed E-state index contributed by atoms with van der Waals surface area (Å²) in [6, 6.07) is 1.65. The number of aromatic nitrogens is 2. The monoisotopic (exact) mass is 301 g/mol. The Morgan fingerprint density at radius 2 is 2.00 bits per heavy atom. The van der Waals surface area contributed by atoms with E-state index in [1.54, 1.807) is 6.07 Å². The zero-order valence-electron chi connectivity index (χ0n) is 12.4. The van der Waals surface area contributed by atoms with Crippen LogP contribution in [0.25, 0.3) is 0 Å². The zero-order chi connectivity index (χ0) is 15.0. The first kappa shape index (κ1) is 17.1. The molecule has 0 fully saturated rings. The Kier molecular flexibility index (Phi) is 7.80. The van der Waals surface area contributed by atoms with Crippen LogP contribution in [0.2, 0.25) is 5.15 Å². The first-order valence-corrected chi connectivity index (χ1v) is 7.51. The van der Waals surface area contributed by atoms with E-state index in [-0.39, 0.29) is 0 Å². The third-order valence-corrected chi connectivity index (χ3v) is 3.46. The highest BCUT2D eigenvalue weighted by Gasteiger charge is 2.15. The molecule has 1 rings (SSSR count). The van der Waals surface area contributed by atoms with Gasteiger partial charge in [-0.2, -0.15) is 0 Å². The number of ether oxygens (including phenoxy) is 1. The van der Waals surface area contributed by atoms with Gasteiger partial charge < -0.3 is 15.2 Å². The molecule has 2 N–H and O–H groups in total. The Morgan fingerprint density at radius 3 is 2.60 bits per heavy atom. The number of nitrogens with zero attached hydrogens (tertiary/aromatic N) is 2. The molecule has 1 aromatic heterocycles. The minimum absolute atomic E-state index is 0.294. The molecule has 0 aliphatic carbocycles. The van der Waals surface area contributed by atoms with Crippen molar-refractivity contribution in [3.63, 3.8) is 0 Å². The Morgan fingerprint density at radius 1 is 1.30 bits per heavy atom. The van der Waals surface area contributed by atoms with Crippen LogP contribution >= 0.6 is 11.6 Å². The molecule has 0 aliphatic heterocycles. The molecule has 114 valence electrons. The van der Waals surface area contributed by atoms with Gasteiger partial charge in [0.1, 0.15) is 17.6 Å². The molecule has 0 bridgehead atoms. The van der Waals surface area contributed by atoms with Crippen molar-refractivity contribution in [3.8, 4) is 0 Å². The molecule has 0 spiro atoms. The van der Waals surface area contributed by atoms with Crippen molar-refractivity contribution >= 4 is 17.4 Å². The van der Waals surface area contributed by atoms with Crippen LogP contribution in [0.3, 0.4) is 0 Å². The highest BCUT2D eigenvalue weighted by molar-refractivity contribution is 6.29. The van der Waals surface area contributed by atoms with Crippen molar-refractivity contribution in [2.45, 2.75) is 46.3 Å². The van der Waals surface area contributed by atoms with Gasteiger partial charge in [0.15, 0.2) is 5.82 Å². The minimum Gasteiger partial charge on any atom is -0.391 e. The average molecular weight is 302 g/mol. The largest absolute Gasteiger partial charge is 0.391 e. The van der Waals surface area contributed by atoms with Crippen LogP contribution in [0.15, 0.2) is 6.07 Å². The lowest BCUT2D eigenvalue weighted by Crippen LogP contribution is -2.28. The molecule has 1 atom stereocenters. The summed E-state index contributed by atoms with van der Waals surface area (Å²) in [6.45, 7) is 7.47. The maximum absolute atomic E-state index is 10.1. The Labute approximate surface area is 125 Å². The topological polar surface area (TPSA) is 67.3 Å². The number of rotatable bonds is 9. The predicted molar refractivity (Wildman–Crippen MR) is 80.9 cm³/mol. The van der Waals surface area contributed by atoms with Crippen molar-refractivity contribution in [1.29, 1.82) is 0 Å². The Balaban J connectivity index is 2.60. The van der Waals surface area contributed by atoms with E-state index >= 15 is 0 Å². The summed E-state index contributed by atoms with van der Waals surface area (Å²) in [6.07, 6.45) is 1.52. The molecule has 0 aromatic carbocycles. The number of anilines is 1. The van der Waals surface area contributed by atoms with Crippen molar-refractivity contribution in [1.82, 2.24) is 9.97 Å². The summed E-state index contributed by atoms with van der Waals surface area (Å²) in [4.78, 5) is 8.40. The van der Waals surface area contributed by atoms with E-state index in [0.29, 0.717) is 42.5 Å². The normalized spacial score (nSPS) is 12.7. The van der Waals surface area contributed by atoms with Gasteiger partial charge in [0, 0.05) is 19.2 Å². The fourth-order valence-corrected chi connectivity index (χ4v) is 2.22. The number of nitrogens with one attached hydrogen (secondary N) is 1. The van der Waals surface area contributed by atoms with E-state index in [4.69, 9.17) is 16.3 Å². The van der Waals surface area contributed by atoms with E-state index in [2.05, 4.69) is 29.1 Å². The van der Waals surface area contributed by atoms with Gasteiger partial charge in [0.2, 0.25) is 0 Å². The maximum atomic E-state index is 10.1. The molecule has 0 saturated heterocycles. The van der Waals surface area contributed by atoms with E-state index in [9.17, 15) is 5.11 Å². The zero-order valence-corrected chi connectivity index (χ0v) is 13.2.